The van der Waals surface area contributed by atoms with E-state index in [4.69, 9.17) is 54.8 Å². The van der Waals surface area contributed by atoms with Crippen LogP contribution in [0.1, 0.15) is 54.9 Å². The molecule has 0 saturated carbocycles. The second kappa shape index (κ2) is 21.2. The van der Waals surface area contributed by atoms with Gasteiger partial charge < -0.3 is 73.5 Å². The molecule has 21 nitrogen and oxygen atoms in total. The number of alkyl carbamates (subject to hydrolysis) is 1. The highest BCUT2D eigenvalue weighted by Crippen LogP contribution is 2.29. The van der Waals surface area contributed by atoms with Gasteiger partial charge in [0.2, 0.25) is 0 Å². The van der Waals surface area contributed by atoms with Crippen molar-refractivity contribution in [3.05, 3.63) is 0 Å². The van der Waals surface area contributed by atoms with Crippen LogP contribution < -0.4 is 10.6 Å². The first-order valence-electron chi connectivity index (χ1n) is 16.8. The largest absolute Gasteiger partial charge is 0.469 e. The highest BCUT2D eigenvalue weighted by atomic mass is 32.1. The maximum absolute atomic E-state index is 12.3. The van der Waals surface area contributed by atoms with Crippen molar-refractivity contribution in [3.8, 4) is 0 Å². The Morgan fingerprint density at radius 3 is 1.94 bits per heavy atom. The predicted octanol–water partition coefficient (Wildman–Crippen LogP) is -1.84. The molecule has 0 aromatic carbocycles. The zero-order valence-corrected chi connectivity index (χ0v) is 32.2. The fourth-order valence-electron chi connectivity index (χ4n) is 5.23. The first-order valence-corrected chi connectivity index (χ1v) is 17.2. The fourth-order valence-corrected chi connectivity index (χ4v) is 5.51. The normalized spacial score (nSPS) is 28.1. The molecule has 0 aliphatic carbocycles. The number of hydrogen-bond acceptors (Lipinski definition) is 19. The number of methoxy groups -OCH3 is 1. The van der Waals surface area contributed by atoms with Crippen molar-refractivity contribution >= 4 is 53.3 Å². The van der Waals surface area contributed by atoms with Crippen molar-refractivity contribution in [2.24, 2.45) is 0 Å². The van der Waals surface area contributed by atoms with Crippen LogP contribution in [0.2, 0.25) is 0 Å². The number of nitrogens with zero attached hydrogens (tertiary/aromatic N) is 1. The molecule has 2 heterocycles. The Bertz CT molecular complexity index is 1330. The number of hydrogen-bond donors (Lipinski definition) is 5. The van der Waals surface area contributed by atoms with E-state index in [1.165, 1.54) is 4.90 Å². The van der Waals surface area contributed by atoms with Gasteiger partial charge in [0.05, 0.1) is 20.1 Å². The fraction of sp³-hybridized carbons (Fsp3) is 0.781. The monoisotopic (exact) mass is 797 g/mol. The summed E-state index contributed by atoms with van der Waals surface area (Å²) in [5.74, 6) is -3.93. The van der Waals surface area contributed by atoms with Crippen LogP contribution in [0.3, 0.4) is 0 Å². The van der Waals surface area contributed by atoms with Crippen LogP contribution in [0, 0.1) is 0 Å². The highest BCUT2D eigenvalue weighted by molar-refractivity contribution is 7.80. The van der Waals surface area contributed by atoms with Crippen molar-refractivity contribution in [3.63, 3.8) is 0 Å². The van der Waals surface area contributed by atoms with E-state index in [1.54, 1.807) is 20.8 Å². The van der Waals surface area contributed by atoms with E-state index in [9.17, 15) is 44.1 Å². The molecule has 0 bridgehead atoms. The Kier molecular flexibility index (Phi) is 18.2. The molecule has 10 atom stereocenters. The van der Waals surface area contributed by atoms with E-state index >= 15 is 0 Å². The van der Waals surface area contributed by atoms with Crippen LogP contribution in [0.25, 0.3) is 0 Å². The minimum Gasteiger partial charge on any atom is -0.469 e. The van der Waals surface area contributed by atoms with Gasteiger partial charge >= 0.3 is 35.9 Å². The molecule has 2 fully saturated rings. The van der Waals surface area contributed by atoms with Crippen molar-refractivity contribution < 1.29 is 86.7 Å². The van der Waals surface area contributed by atoms with E-state index < -0.39 is 109 Å². The van der Waals surface area contributed by atoms with Gasteiger partial charge in [-0.3, -0.25) is 24.0 Å². The lowest BCUT2D eigenvalue weighted by atomic mass is 9.97. The Morgan fingerprint density at radius 2 is 1.39 bits per heavy atom. The van der Waals surface area contributed by atoms with Crippen LogP contribution in [-0.2, 0) is 66.6 Å². The molecular formula is C32H51N3O18S. The Morgan fingerprint density at radius 1 is 0.796 bits per heavy atom. The molecule has 0 unspecified atom stereocenters. The Hall–Kier alpha value is -3.93. The molecule has 22 heteroatoms. The topological polar surface area (TPSA) is 273 Å². The number of carbonyl (C=O) groups excluding carboxylic acids is 6. The van der Waals surface area contributed by atoms with Crippen molar-refractivity contribution in [2.45, 2.75) is 122 Å². The zero-order valence-electron chi connectivity index (χ0n) is 31.3. The van der Waals surface area contributed by atoms with Crippen molar-refractivity contribution in [1.29, 1.82) is 0 Å². The standard InChI is InChI=1S/C32H51N3O18S/c1-15(36)47-14-20-25(48-16(2)37)26(49-17(3)38)27(50-18(4)39)28(51-20)34-30(54)35(11-9-21(40)45-8)13-19-22(41)23(42)24(43)29(52-19)46-12-10-33-31(44)53-32(5,6)7/h19-20,22-29,41-43H,9-14H2,1-8H3,(H,33,44)(H,34,54)/t19-,20-,22-,23+,24+,25-,26+,27+,28+,29+/m1/s1. The molecule has 0 radical (unpaired) electrons. The van der Waals surface area contributed by atoms with E-state index in [0.717, 1.165) is 34.8 Å². The number of rotatable bonds is 15. The maximum atomic E-state index is 12.3. The lowest BCUT2D eigenvalue weighted by Crippen LogP contribution is -2.67. The molecule has 2 aliphatic heterocycles. The van der Waals surface area contributed by atoms with Gasteiger partial charge in [-0.05, 0) is 33.0 Å². The molecule has 0 spiro atoms. The lowest BCUT2D eigenvalue weighted by Gasteiger charge is -2.45. The van der Waals surface area contributed by atoms with E-state index in [0.29, 0.717) is 0 Å². The van der Waals surface area contributed by atoms with Gasteiger partial charge in [0.15, 0.2) is 35.9 Å². The summed E-state index contributed by atoms with van der Waals surface area (Å²) in [4.78, 5) is 73.7. The maximum Gasteiger partial charge on any atom is 0.407 e. The third kappa shape index (κ3) is 15.1. The molecule has 5 N–H and O–H groups in total. The van der Waals surface area contributed by atoms with Gasteiger partial charge in [-0.15, -0.1) is 0 Å². The molecular weight excluding hydrogens is 746 g/mol. The molecule has 0 aromatic heterocycles. The second-order valence-electron chi connectivity index (χ2n) is 13.2. The molecule has 2 saturated heterocycles. The number of esters is 5. The Balaban J connectivity index is 2.37. The highest BCUT2D eigenvalue weighted by Gasteiger charge is 2.53. The number of aliphatic hydroxyl groups is 3. The van der Waals surface area contributed by atoms with Gasteiger partial charge in [-0.2, -0.15) is 0 Å². The third-order valence-electron chi connectivity index (χ3n) is 7.48. The number of thiocarbonyl (C=S) groups is 1. The summed E-state index contributed by atoms with van der Waals surface area (Å²) in [6.45, 7) is 8.01. The predicted molar refractivity (Wildman–Crippen MR) is 183 cm³/mol. The van der Waals surface area contributed by atoms with Crippen LogP contribution in [0.15, 0.2) is 0 Å². The van der Waals surface area contributed by atoms with Gasteiger partial charge in [-0.25, -0.2) is 4.79 Å². The van der Waals surface area contributed by atoms with Gasteiger partial charge in [0.25, 0.3) is 0 Å². The molecule has 2 rings (SSSR count). The smallest absolute Gasteiger partial charge is 0.407 e. The molecule has 308 valence electrons. The first kappa shape index (κ1) is 46.2. The number of amides is 1. The quantitative estimate of drug-likeness (QED) is 0.0527. The lowest BCUT2D eigenvalue weighted by molar-refractivity contribution is -0.296. The van der Waals surface area contributed by atoms with Gasteiger partial charge in [0.1, 0.15) is 42.7 Å². The third-order valence-corrected chi connectivity index (χ3v) is 7.85. The zero-order chi connectivity index (χ0) is 40.9. The Labute approximate surface area is 317 Å². The molecule has 54 heavy (non-hydrogen) atoms. The van der Waals surface area contributed by atoms with E-state index in [2.05, 4.69) is 10.6 Å². The number of carbonyl (C=O) groups is 6. The van der Waals surface area contributed by atoms with Gasteiger partial charge in [-0.1, -0.05) is 0 Å². The average molecular weight is 798 g/mol. The number of aliphatic hydroxyl groups excluding tert-OH is 3. The summed E-state index contributed by atoms with van der Waals surface area (Å²) in [6, 6.07) is 0. The molecule has 1 amide bonds. The number of nitrogens with one attached hydrogen (secondary N) is 2. The molecule has 0 aromatic rings. The summed E-state index contributed by atoms with van der Waals surface area (Å²) < 4.78 is 48.7. The van der Waals surface area contributed by atoms with E-state index in [-0.39, 0.29) is 37.8 Å². The summed E-state index contributed by atoms with van der Waals surface area (Å²) in [5.41, 5.74) is -0.747. The summed E-state index contributed by atoms with van der Waals surface area (Å²) in [6.07, 6.45) is -16.3. The van der Waals surface area contributed by atoms with Gasteiger partial charge in [0, 0.05) is 47.3 Å². The second-order valence-corrected chi connectivity index (χ2v) is 13.5. The van der Waals surface area contributed by atoms with E-state index in [1.807, 2.05) is 0 Å². The van der Waals surface area contributed by atoms with Crippen LogP contribution in [0.4, 0.5) is 4.79 Å². The van der Waals surface area contributed by atoms with Crippen LogP contribution in [-0.4, -0.2) is 168 Å². The minimum absolute atomic E-state index is 0.0694. The summed E-state index contributed by atoms with van der Waals surface area (Å²) >= 11 is 5.65. The minimum atomic E-state index is -1.78. The first-order chi connectivity index (χ1) is 25.1. The number of ether oxygens (including phenoxy) is 9. The SMILES string of the molecule is COC(=O)CCN(C[C@H]1O[C@H](OCCNC(=O)OC(C)(C)C)[C@@H](O)[C@@H](O)[C@@H]1O)C(=S)N[C@H]1O[C@H](COC(C)=O)[C@@H](OC(C)=O)[C@H](OC(C)=O)[C@@H]1OC(C)=O. The molecule has 2 aliphatic rings. The summed E-state index contributed by atoms with van der Waals surface area (Å²) in [7, 11) is 1.16. The average Bonchev–Trinajstić information content (AvgIpc) is 3.05. The van der Waals surface area contributed by atoms with Crippen molar-refractivity contribution in [2.75, 3.05) is 40.0 Å². The van der Waals surface area contributed by atoms with Crippen molar-refractivity contribution in [1.82, 2.24) is 15.5 Å². The summed E-state index contributed by atoms with van der Waals surface area (Å²) in [5, 5.41) is 37.2. The van der Waals surface area contributed by atoms with Crippen LogP contribution in [0.5, 0.6) is 0 Å². The van der Waals surface area contributed by atoms with Crippen LogP contribution >= 0.6 is 12.2 Å².